The highest BCUT2D eigenvalue weighted by molar-refractivity contribution is 6.30. The second kappa shape index (κ2) is 8.78. The van der Waals surface area contributed by atoms with Crippen LogP contribution in [0.1, 0.15) is 22.6 Å². The number of ether oxygens (including phenoxy) is 1. The molecule has 2 N–H and O–H groups in total. The van der Waals surface area contributed by atoms with Gasteiger partial charge < -0.3 is 15.2 Å². The summed E-state index contributed by atoms with van der Waals surface area (Å²) < 4.78 is 19.0. The van der Waals surface area contributed by atoms with E-state index in [-0.39, 0.29) is 24.0 Å². The second-order valence-corrected chi connectivity index (χ2v) is 7.72. The number of hydrogen-bond donors (Lipinski definition) is 2. The number of carboxylic acid groups (broad SMARTS) is 1. The van der Waals surface area contributed by atoms with E-state index in [1.54, 1.807) is 0 Å². The fraction of sp³-hybridized carbons (Fsp3) is 0.167. The van der Waals surface area contributed by atoms with Crippen molar-refractivity contribution in [1.29, 1.82) is 0 Å². The van der Waals surface area contributed by atoms with Crippen LogP contribution in [0.25, 0.3) is 11.1 Å². The van der Waals surface area contributed by atoms with Gasteiger partial charge in [-0.15, -0.1) is 0 Å². The van der Waals surface area contributed by atoms with Crippen LogP contribution < -0.4 is 5.32 Å². The van der Waals surface area contributed by atoms with E-state index in [4.69, 9.17) is 16.3 Å². The molecule has 0 fully saturated rings. The minimum absolute atomic E-state index is 0.0554. The first kappa shape index (κ1) is 20.9. The minimum Gasteiger partial charge on any atom is -0.480 e. The summed E-state index contributed by atoms with van der Waals surface area (Å²) in [6, 6.07) is 18.6. The van der Waals surface area contributed by atoms with Gasteiger partial charge in [-0.2, -0.15) is 0 Å². The molecule has 158 valence electrons. The lowest BCUT2D eigenvalue weighted by Gasteiger charge is -2.17. The summed E-state index contributed by atoms with van der Waals surface area (Å²) in [5.41, 5.74) is 4.71. The number of benzene rings is 3. The zero-order valence-electron chi connectivity index (χ0n) is 16.3. The summed E-state index contributed by atoms with van der Waals surface area (Å²) in [4.78, 5) is 23.9. The molecule has 0 saturated carbocycles. The molecule has 0 aromatic heterocycles. The van der Waals surface area contributed by atoms with Crippen LogP contribution in [0.3, 0.4) is 0 Å². The fourth-order valence-corrected chi connectivity index (χ4v) is 4.00. The number of halogens is 2. The molecular weight excluding hydrogens is 421 g/mol. The number of carbonyl (C=O) groups is 2. The molecule has 0 bridgehead atoms. The summed E-state index contributed by atoms with van der Waals surface area (Å²) in [6.07, 6.45) is -0.947. The molecule has 1 amide bonds. The number of alkyl carbamates (subject to hydrolysis) is 1. The van der Waals surface area contributed by atoms with Gasteiger partial charge in [0.1, 0.15) is 18.5 Å². The standard InChI is InChI=1S/C24H19ClFNO4/c25-20-10-9-14(11-21(20)26)12-22(23(28)29)27-24(30)31-13-19-17-7-3-1-5-15(17)16-6-2-4-8-18(16)19/h1-11,19,22H,12-13H2,(H,27,30)(H,28,29)/t22-/m0/s1. The highest BCUT2D eigenvalue weighted by Crippen LogP contribution is 2.44. The normalized spacial score (nSPS) is 13.2. The second-order valence-electron chi connectivity index (χ2n) is 7.31. The maximum Gasteiger partial charge on any atom is 0.407 e. The topological polar surface area (TPSA) is 75.6 Å². The van der Waals surface area contributed by atoms with Crippen molar-refractivity contribution >= 4 is 23.7 Å². The number of carbonyl (C=O) groups excluding carboxylic acids is 1. The van der Waals surface area contributed by atoms with Gasteiger partial charge in [-0.1, -0.05) is 66.2 Å². The molecule has 7 heteroatoms. The van der Waals surface area contributed by atoms with Gasteiger partial charge in [-0.3, -0.25) is 0 Å². The van der Waals surface area contributed by atoms with E-state index in [2.05, 4.69) is 5.32 Å². The van der Waals surface area contributed by atoms with Crippen molar-refractivity contribution in [3.8, 4) is 11.1 Å². The number of carboxylic acids is 1. The molecule has 0 saturated heterocycles. The monoisotopic (exact) mass is 439 g/mol. The maximum absolute atomic E-state index is 13.6. The van der Waals surface area contributed by atoms with Gasteiger partial charge in [-0.25, -0.2) is 14.0 Å². The van der Waals surface area contributed by atoms with Gasteiger partial charge >= 0.3 is 12.1 Å². The first-order valence-electron chi connectivity index (χ1n) is 9.72. The molecule has 0 radical (unpaired) electrons. The molecule has 3 aromatic carbocycles. The Labute approximate surface area is 183 Å². The Morgan fingerprint density at radius 2 is 1.65 bits per heavy atom. The summed E-state index contributed by atoms with van der Waals surface area (Å²) >= 11 is 5.66. The van der Waals surface area contributed by atoms with E-state index in [1.807, 2.05) is 48.5 Å². The Bertz CT molecular complexity index is 1100. The lowest BCUT2D eigenvalue weighted by Crippen LogP contribution is -2.42. The molecule has 1 atom stereocenters. The Morgan fingerprint density at radius 3 is 2.23 bits per heavy atom. The van der Waals surface area contributed by atoms with Gasteiger partial charge in [-0.05, 0) is 39.9 Å². The molecule has 1 aliphatic carbocycles. The van der Waals surface area contributed by atoms with Crippen molar-refractivity contribution in [3.05, 3.63) is 94.3 Å². The smallest absolute Gasteiger partial charge is 0.407 e. The van der Waals surface area contributed by atoms with Crippen molar-refractivity contribution in [2.45, 2.75) is 18.4 Å². The van der Waals surface area contributed by atoms with Crippen LogP contribution in [-0.2, 0) is 16.0 Å². The molecular formula is C24H19ClFNO4. The number of rotatable bonds is 6. The molecule has 3 aromatic rings. The maximum atomic E-state index is 13.6. The fourth-order valence-electron chi connectivity index (χ4n) is 3.88. The zero-order valence-corrected chi connectivity index (χ0v) is 17.1. The van der Waals surface area contributed by atoms with E-state index in [9.17, 15) is 19.1 Å². The molecule has 0 unspecified atom stereocenters. The van der Waals surface area contributed by atoms with Crippen LogP contribution in [-0.4, -0.2) is 29.8 Å². The van der Waals surface area contributed by atoms with Crippen molar-refractivity contribution in [2.75, 3.05) is 6.61 Å². The van der Waals surface area contributed by atoms with Crippen molar-refractivity contribution < 1.29 is 23.8 Å². The number of amides is 1. The Balaban J connectivity index is 1.43. The first-order valence-corrected chi connectivity index (χ1v) is 10.1. The van der Waals surface area contributed by atoms with Crippen molar-refractivity contribution in [2.24, 2.45) is 0 Å². The van der Waals surface area contributed by atoms with E-state index in [0.717, 1.165) is 28.3 Å². The van der Waals surface area contributed by atoms with Crippen LogP contribution in [0.5, 0.6) is 0 Å². The molecule has 31 heavy (non-hydrogen) atoms. The summed E-state index contributed by atoms with van der Waals surface area (Å²) in [5.74, 6) is -2.03. The third-order valence-electron chi connectivity index (χ3n) is 5.36. The first-order chi connectivity index (χ1) is 14.9. The van der Waals surface area contributed by atoms with Crippen LogP contribution in [0, 0.1) is 5.82 Å². The predicted molar refractivity (Wildman–Crippen MR) is 115 cm³/mol. The number of aliphatic carboxylic acids is 1. The third-order valence-corrected chi connectivity index (χ3v) is 5.66. The van der Waals surface area contributed by atoms with Gasteiger partial charge in [0, 0.05) is 12.3 Å². The average Bonchev–Trinajstić information content (AvgIpc) is 3.08. The lowest BCUT2D eigenvalue weighted by molar-refractivity contribution is -0.139. The van der Waals surface area contributed by atoms with Gasteiger partial charge in [0.25, 0.3) is 0 Å². The van der Waals surface area contributed by atoms with Gasteiger partial charge in [0.15, 0.2) is 0 Å². The molecule has 4 rings (SSSR count). The molecule has 1 aliphatic rings. The molecule has 0 aliphatic heterocycles. The quantitative estimate of drug-likeness (QED) is 0.566. The van der Waals surface area contributed by atoms with E-state index in [1.165, 1.54) is 12.1 Å². The van der Waals surface area contributed by atoms with E-state index < -0.39 is 23.9 Å². The van der Waals surface area contributed by atoms with Crippen molar-refractivity contribution in [1.82, 2.24) is 5.32 Å². The average molecular weight is 440 g/mol. The van der Waals surface area contributed by atoms with Gasteiger partial charge in [0.05, 0.1) is 5.02 Å². The lowest BCUT2D eigenvalue weighted by atomic mass is 9.98. The highest BCUT2D eigenvalue weighted by atomic mass is 35.5. The predicted octanol–water partition coefficient (Wildman–Crippen LogP) is 5.01. The summed E-state index contributed by atoms with van der Waals surface area (Å²) in [7, 11) is 0. The van der Waals surface area contributed by atoms with Gasteiger partial charge in [0.2, 0.25) is 0 Å². The van der Waals surface area contributed by atoms with E-state index in [0.29, 0.717) is 5.56 Å². The Morgan fingerprint density at radius 1 is 1.03 bits per heavy atom. The van der Waals surface area contributed by atoms with Crippen LogP contribution in [0.4, 0.5) is 9.18 Å². The third kappa shape index (κ3) is 4.39. The molecule has 0 heterocycles. The largest absolute Gasteiger partial charge is 0.480 e. The SMILES string of the molecule is O=C(N[C@@H](Cc1ccc(Cl)c(F)c1)C(=O)O)OCC1c2ccccc2-c2ccccc21. The minimum atomic E-state index is -1.27. The number of hydrogen-bond acceptors (Lipinski definition) is 3. The summed E-state index contributed by atoms with van der Waals surface area (Å²) in [6.45, 7) is 0.0712. The van der Waals surface area contributed by atoms with Crippen LogP contribution in [0.2, 0.25) is 5.02 Å². The molecule has 0 spiro atoms. The number of fused-ring (bicyclic) bond motifs is 3. The van der Waals surface area contributed by atoms with Crippen LogP contribution in [0.15, 0.2) is 66.7 Å². The Hall–Kier alpha value is -3.38. The number of nitrogens with one attached hydrogen (secondary N) is 1. The van der Waals surface area contributed by atoms with Crippen molar-refractivity contribution in [3.63, 3.8) is 0 Å². The van der Waals surface area contributed by atoms with E-state index >= 15 is 0 Å². The highest BCUT2D eigenvalue weighted by Gasteiger charge is 2.29. The molecule has 5 nitrogen and oxygen atoms in total. The zero-order chi connectivity index (χ0) is 22.0. The summed E-state index contributed by atoms with van der Waals surface area (Å²) in [5, 5.41) is 11.8. The van der Waals surface area contributed by atoms with Crippen LogP contribution >= 0.6 is 11.6 Å². The Kier molecular flexibility index (Phi) is 5.91.